The number of hydrogen-bond acceptors (Lipinski definition) is 6. The summed E-state index contributed by atoms with van der Waals surface area (Å²) in [6, 6.07) is 3.93. The van der Waals surface area contributed by atoms with Crippen LogP contribution in [-0.4, -0.2) is 44.6 Å². The molecule has 6 N–H and O–H groups in total. The molecule has 8 nitrogen and oxygen atoms in total. The summed E-state index contributed by atoms with van der Waals surface area (Å²) in [5, 5.41) is 32.5. The molecule has 1 heterocycles. The lowest BCUT2D eigenvalue weighted by Crippen LogP contribution is -2.39. The SMILES string of the molecule is CC[C@@H](N)c1ccc(C)o1.O=C(O)C(O)C(O)C(=O)O. The molecule has 0 radical (unpaired) electrons. The van der Waals surface area contributed by atoms with Gasteiger partial charge in [-0.1, -0.05) is 6.92 Å². The quantitative estimate of drug-likeness (QED) is 0.502. The maximum atomic E-state index is 9.77. The molecule has 0 fully saturated rings. The van der Waals surface area contributed by atoms with E-state index in [2.05, 4.69) is 0 Å². The van der Waals surface area contributed by atoms with Gasteiger partial charge in [0.1, 0.15) is 11.5 Å². The molecule has 3 atom stereocenters. The first-order valence-corrected chi connectivity index (χ1v) is 5.84. The Kier molecular flexibility index (Phi) is 7.52. The van der Waals surface area contributed by atoms with Gasteiger partial charge in [-0.15, -0.1) is 0 Å². The van der Waals surface area contributed by atoms with E-state index in [9.17, 15) is 9.59 Å². The van der Waals surface area contributed by atoms with E-state index in [1.807, 2.05) is 26.0 Å². The van der Waals surface area contributed by atoms with Gasteiger partial charge in [-0.05, 0) is 25.5 Å². The predicted molar refractivity (Wildman–Crippen MR) is 67.9 cm³/mol. The van der Waals surface area contributed by atoms with E-state index in [1.54, 1.807) is 0 Å². The Balaban J connectivity index is 0.000000361. The fourth-order valence-electron chi connectivity index (χ4n) is 1.12. The maximum Gasteiger partial charge on any atom is 0.335 e. The Morgan fingerprint density at radius 3 is 1.90 bits per heavy atom. The lowest BCUT2D eigenvalue weighted by molar-refractivity contribution is -0.165. The van der Waals surface area contributed by atoms with Crippen molar-refractivity contribution in [3.63, 3.8) is 0 Å². The minimum atomic E-state index is -2.27. The van der Waals surface area contributed by atoms with Crippen LogP contribution in [0.4, 0.5) is 0 Å². The molecule has 0 saturated heterocycles. The van der Waals surface area contributed by atoms with Crippen LogP contribution in [0, 0.1) is 6.92 Å². The Morgan fingerprint density at radius 1 is 1.20 bits per heavy atom. The monoisotopic (exact) mass is 289 g/mol. The fourth-order valence-corrected chi connectivity index (χ4v) is 1.12. The summed E-state index contributed by atoms with van der Waals surface area (Å²) in [4.78, 5) is 19.5. The average molecular weight is 289 g/mol. The van der Waals surface area contributed by atoms with Crippen molar-refractivity contribution in [3.8, 4) is 0 Å². The highest BCUT2D eigenvalue weighted by atomic mass is 16.4. The number of aliphatic carboxylic acids is 2. The second-order valence-electron chi connectivity index (χ2n) is 4.03. The number of carbonyl (C=O) groups is 2. The van der Waals surface area contributed by atoms with Gasteiger partial charge in [0.25, 0.3) is 0 Å². The maximum absolute atomic E-state index is 9.77. The fraction of sp³-hybridized carbons (Fsp3) is 0.500. The molecule has 0 aliphatic rings. The molecule has 0 aliphatic carbocycles. The van der Waals surface area contributed by atoms with Gasteiger partial charge in [-0.25, -0.2) is 9.59 Å². The Labute approximate surface area is 115 Å². The first-order valence-electron chi connectivity index (χ1n) is 5.84. The van der Waals surface area contributed by atoms with Crippen LogP contribution in [0.25, 0.3) is 0 Å². The van der Waals surface area contributed by atoms with Gasteiger partial charge in [0, 0.05) is 0 Å². The van der Waals surface area contributed by atoms with Crippen LogP contribution in [0.15, 0.2) is 16.5 Å². The van der Waals surface area contributed by atoms with Crippen molar-refractivity contribution in [2.75, 3.05) is 0 Å². The van der Waals surface area contributed by atoms with Crippen LogP contribution in [0.1, 0.15) is 30.9 Å². The lowest BCUT2D eigenvalue weighted by Gasteiger charge is -2.07. The normalized spacial score (nSPS) is 14.7. The van der Waals surface area contributed by atoms with Crippen LogP contribution in [0.3, 0.4) is 0 Å². The highest BCUT2D eigenvalue weighted by Gasteiger charge is 2.29. The first-order chi connectivity index (χ1) is 9.20. The number of aliphatic hydroxyl groups is 2. The van der Waals surface area contributed by atoms with Gasteiger partial charge in [0.15, 0.2) is 12.2 Å². The van der Waals surface area contributed by atoms with Crippen molar-refractivity contribution in [1.82, 2.24) is 0 Å². The van der Waals surface area contributed by atoms with E-state index < -0.39 is 24.1 Å². The van der Waals surface area contributed by atoms with E-state index in [0.717, 1.165) is 17.9 Å². The van der Waals surface area contributed by atoms with Crippen LogP contribution in [-0.2, 0) is 9.59 Å². The number of furan rings is 1. The number of rotatable bonds is 5. The molecule has 0 saturated carbocycles. The lowest BCUT2D eigenvalue weighted by atomic mass is 10.2. The van der Waals surface area contributed by atoms with Gasteiger partial charge in [-0.3, -0.25) is 0 Å². The van der Waals surface area contributed by atoms with Gasteiger partial charge < -0.3 is 30.6 Å². The molecule has 1 aromatic rings. The zero-order valence-corrected chi connectivity index (χ0v) is 11.2. The number of nitrogens with two attached hydrogens (primary N) is 1. The molecule has 0 aliphatic heterocycles. The Morgan fingerprint density at radius 2 is 1.65 bits per heavy atom. The molecule has 0 spiro atoms. The smallest absolute Gasteiger partial charge is 0.335 e. The van der Waals surface area contributed by atoms with Gasteiger partial charge in [0.2, 0.25) is 0 Å². The summed E-state index contributed by atoms with van der Waals surface area (Å²) in [6.07, 6.45) is -3.61. The molecule has 0 bridgehead atoms. The second kappa shape index (κ2) is 8.31. The van der Waals surface area contributed by atoms with E-state index in [0.29, 0.717) is 0 Å². The highest BCUT2D eigenvalue weighted by Crippen LogP contribution is 2.15. The third kappa shape index (κ3) is 5.83. The molecule has 1 rings (SSSR count). The van der Waals surface area contributed by atoms with Crippen LogP contribution < -0.4 is 5.73 Å². The first kappa shape index (κ1) is 18.1. The average Bonchev–Trinajstić information content (AvgIpc) is 2.83. The number of carboxylic acids is 2. The number of carboxylic acid groups (broad SMARTS) is 2. The van der Waals surface area contributed by atoms with Crippen molar-refractivity contribution in [1.29, 1.82) is 0 Å². The van der Waals surface area contributed by atoms with E-state index in [-0.39, 0.29) is 6.04 Å². The van der Waals surface area contributed by atoms with Gasteiger partial charge >= 0.3 is 11.9 Å². The molecule has 114 valence electrons. The summed E-state index contributed by atoms with van der Waals surface area (Å²) in [5.41, 5.74) is 5.71. The van der Waals surface area contributed by atoms with Crippen molar-refractivity contribution in [3.05, 3.63) is 23.7 Å². The summed E-state index contributed by atoms with van der Waals surface area (Å²) in [5.74, 6) is -1.72. The van der Waals surface area contributed by atoms with E-state index in [4.69, 9.17) is 30.6 Å². The minimum Gasteiger partial charge on any atom is -0.479 e. The van der Waals surface area contributed by atoms with E-state index >= 15 is 0 Å². The number of hydrogen-bond donors (Lipinski definition) is 5. The van der Waals surface area contributed by atoms with Gasteiger partial charge in [0.05, 0.1) is 6.04 Å². The number of aryl methyl sites for hydroxylation is 1. The third-order valence-corrected chi connectivity index (χ3v) is 2.37. The van der Waals surface area contributed by atoms with Crippen LogP contribution >= 0.6 is 0 Å². The van der Waals surface area contributed by atoms with Crippen molar-refractivity contribution >= 4 is 11.9 Å². The summed E-state index contributed by atoms with van der Waals surface area (Å²) in [6.45, 7) is 3.97. The standard InChI is InChI=1S/C8H13NO.C4H6O6/c1-3-7(9)8-5-4-6(2)10-8;5-1(3(7)8)2(6)4(9)10/h4-5,7H,3,9H2,1-2H3;1-2,5-6H,(H,7,8)(H,9,10)/t7-;/m1./s1. The predicted octanol–water partition coefficient (Wildman–Crippen LogP) is -0.125. The van der Waals surface area contributed by atoms with Crippen molar-refractivity contribution in [2.45, 2.75) is 38.5 Å². The minimum absolute atomic E-state index is 0.0636. The van der Waals surface area contributed by atoms with Crippen molar-refractivity contribution in [2.24, 2.45) is 5.73 Å². The number of aliphatic hydroxyl groups excluding tert-OH is 2. The Bertz CT molecular complexity index is 425. The van der Waals surface area contributed by atoms with Crippen LogP contribution in [0.5, 0.6) is 0 Å². The van der Waals surface area contributed by atoms with Crippen LogP contribution in [0.2, 0.25) is 0 Å². The molecule has 8 heteroatoms. The molecule has 20 heavy (non-hydrogen) atoms. The Hall–Kier alpha value is -1.90. The molecular weight excluding hydrogens is 270 g/mol. The largest absolute Gasteiger partial charge is 0.479 e. The third-order valence-electron chi connectivity index (χ3n) is 2.37. The zero-order valence-electron chi connectivity index (χ0n) is 11.2. The molecule has 1 aromatic heterocycles. The molecule has 0 amide bonds. The van der Waals surface area contributed by atoms with Gasteiger partial charge in [-0.2, -0.15) is 0 Å². The van der Waals surface area contributed by atoms with E-state index in [1.165, 1.54) is 0 Å². The summed E-state index contributed by atoms with van der Waals surface area (Å²) >= 11 is 0. The summed E-state index contributed by atoms with van der Waals surface area (Å²) < 4.78 is 5.31. The topological polar surface area (TPSA) is 154 Å². The molecule has 2 unspecified atom stereocenters. The zero-order chi connectivity index (χ0) is 15.9. The summed E-state index contributed by atoms with van der Waals surface area (Å²) in [7, 11) is 0. The van der Waals surface area contributed by atoms with Crippen molar-refractivity contribution < 1.29 is 34.4 Å². The molecular formula is C12H19NO7. The second-order valence-corrected chi connectivity index (χ2v) is 4.03. The highest BCUT2D eigenvalue weighted by molar-refractivity contribution is 5.83. The molecule has 0 aromatic carbocycles.